The quantitative estimate of drug-likeness (QED) is 0.283. The van der Waals surface area contributed by atoms with Crippen LogP contribution in [-0.2, 0) is 18.9 Å². The molecule has 0 aromatic heterocycles. The van der Waals surface area contributed by atoms with Crippen molar-refractivity contribution in [3.05, 3.63) is 0 Å². The summed E-state index contributed by atoms with van der Waals surface area (Å²) in [6.45, 7) is 1.45. The zero-order chi connectivity index (χ0) is 15.6. The van der Waals surface area contributed by atoms with Crippen LogP contribution >= 0.6 is 0 Å². The molecule has 0 aromatic rings. The summed E-state index contributed by atoms with van der Waals surface area (Å²) >= 11 is 0. The Labute approximate surface area is 126 Å². The predicted molar refractivity (Wildman–Crippen MR) is 72.8 cm³/mol. The van der Waals surface area contributed by atoms with Crippen molar-refractivity contribution in [3.63, 3.8) is 0 Å². The number of aliphatic hydroxyl groups excluding tert-OH is 3. The molecule has 4 radical (unpaired) electrons. The van der Waals surface area contributed by atoms with Crippen molar-refractivity contribution in [3.8, 4) is 0 Å². The van der Waals surface area contributed by atoms with E-state index in [9.17, 15) is 10.2 Å². The molecule has 2 rings (SSSR count). The van der Waals surface area contributed by atoms with Crippen molar-refractivity contribution in [1.82, 2.24) is 0 Å². The fourth-order valence-electron chi connectivity index (χ4n) is 2.49. The fraction of sp³-hybridized carbons (Fsp3) is 1.00. The minimum atomic E-state index is -1.03. The van der Waals surface area contributed by atoms with Crippen LogP contribution in [0.25, 0.3) is 0 Å². The average Bonchev–Trinajstić information content (AvgIpc) is 2.88. The zero-order valence-corrected chi connectivity index (χ0v) is 11.9. The first kappa shape index (κ1) is 17.2. The number of ether oxygens (including phenoxy) is 4. The molecule has 0 saturated carbocycles. The number of aliphatic hydroxyl groups is 3. The van der Waals surface area contributed by atoms with Gasteiger partial charge >= 0.3 is 0 Å². The van der Waals surface area contributed by atoms with E-state index >= 15 is 0 Å². The van der Waals surface area contributed by atoms with Gasteiger partial charge in [0.15, 0.2) is 0 Å². The average molecular weight is 298 g/mol. The molecule has 8 atom stereocenters. The highest BCUT2D eigenvalue weighted by Gasteiger charge is 2.42. The van der Waals surface area contributed by atoms with Gasteiger partial charge in [-0.3, -0.25) is 0 Å². The van der Waals surface area contributed by atoms with Crippen LogP contribution in [0.1, 0.15) is 6.92 Å². The molecule has 0 bridgehead atoms. The van der Waals surface area contributed by atoms with Crippen LogP contribution in [0.3, 0.4) is 0 Å². The maximum atomic E-state index is 9.86. The highest BCUT2D eigenvalue weighted by atomic mass is 16.7. The lowest BCUT2D eigenvalue weighted by Crippen LogP contribution is -2.38. The second kappa shape index (κ2) is 7.41. The Morgan fingerprint density at radius 1 is 1.05 bits per heavy atom. The molecular formula is C12H20B2O7. The molecule has 3 N–H and O–H groups in total. The molecule has 116 valence electrons. The van der Waals surface area contributed by atoms with Crippen LogP contribution in [0.2, 0.25) is 0 Å². The fourth-order valence-corrected chi connectivity index (χ4v) is 2.49. The van der Waals surface area contributed by atoms with E-state index in [1.807, 2.05) is 0 Å². The van der Waals surface area contributed by atoms with E-state index in [4.69, 9.17) is 39.7 Å². The second-order valence-electron chi connectivity index (χ2n) is 5.42. The van der Waals surface area contributed by atoms with Gasteiger partial charge in [-0.2, -0.15) is 0 Å². The van der Waals surface area contributed by atoms with Gasteiger partial charge in [0.05, 0.1) is 19.3 Å². The van der Waals surface area contributed by atoms with Crippen LogP contribution in [0.5, 0.6) is 0 Å². The summed E-state index contributed by atoms with van der Waals surface area (Å²) in [6.07, 6.45) is -3.70. The molecule has 0 aromatic carbocycles. The molecular weight excluding hydrogens is 278 g/mol. The Morgan fingerprint density at radius 2 is 1.71 bits per heavy atom. The Morgan fingerprint density at radius 3 is 2.29 bits per heavy atom. The third kappa shape index (κ3) is 3.79. The summed E-state index contributed by atoms with van der Waals surface area (Å²) in [4.78, 5) is 0. The van der Waals surface area contributed by atoms with Gasteiger partial charge in [0.1, 0.15) is 46.9 Å². The Kier molecular flexibility index (Phi) is 6.07. The van der Waals surface area contributed by atoms with Crippen molar-refractivity contribution in [2.24, 2.45) is 5.92 Å². The lowest BCUT2D eigenvalue weighted by Gasteiger charge is -2.21. The van der Waals surface area contributed by atoms with Crippen molar-refractivity contribution in [2.75, 3.05) is 20.0 Å². The molecule has 2 aliphatic rings. The van der Waals surface area contributed by atoms with Crippen LogP contribution in [0.15, 0.2) is 0 Å². The van der Waals surface area contributed by atoms with Crippen molar-refractivity contribution >= 4 is 15.7 Å². The van der Waals surface area contributed by atoms with E-state index in [1.165, 1.54) is 0 Å². The maximum Gasteiger partial charge on any atom is 0.147 e. The summed E-state index contributed by atoms with van der Waals surface area (Å²) in [7, 11) is 11.2. The first-order valence-electron chi connectivity index (χ1n) is 6.94. The molecule has 2 unspecified atom stereocenters. The summed E-state index contributed by atoms with van der Waals surface area (Å²) in [5.41, 5.74) is 0. The smallest absolute Gasteiger partial charge is 0.147 e. The second-order valence-corrected chi connectivity index (χ2v) is 5.42. The third-order valence-corrected chi connectivity index (χ3v) is 3.95. The van der Waals surface area contributed by atoms with E-state index in [0.717, 1.165) is 0 Å². The molecule has 9 heteroatoms. The molecule has 21 heavy (non-hydrogen) atoms. The lowest BCUT2D eigenvalue weighted by molar-refractivity contribution is -0.148. The largest absolute Gasteiger partial charge is 0.394 e. The monoisotopic (exact) mass is 298 g/mol. The number of rotatable bonds is 6. The van der Waals surface area contributed by atoms with E-state index in [2.05, 4.69) is 0 Å². The van der Waals surface area contributed by atoms with Gasteiger partial charge in [0, 0.05) is 17.9 Å². The highest BCUT2D eigenvalue weighted by molar-refractivity contribution is 6.11. The standard InChI is InChI=1S/C12H20B2O7/c1-5-8(16)7(21-11(5)13)3-18-4-19-10-6(2-15)20-12(14)9(10)17/h5-12,15-17H,2-4H2,1H3/t5-,6+,7+,8?,9-,10?,11+,12+/m0/s1. The minimum absolute atomic E-state index is 0.110. The molecule has 0 aliphatic carbocycles. The Balaban J connectivity index is 1.70. The van der Waals surface area contributed by atoms with Crippen LogP contribution in [-0.4, -0.2) is 93.5 Å². The minimum Gasteiger partial charge on any atom is -0.394 e. The summed E-state index contributed by atoms with van der Waals surface area (Å²) < 4.78 is 21.1. The summed E-state index contributed by atoms with van der Waals surface area (Å²) in [5.74, 6) is -0.165. The van der Waals surface area contributed by atoms with Crippen molar-refractivity contribution in [2.45, 2.75) is 49.5 Å². The van der Waals surface area contributed by atoms with Crippen LogP contribution in [0.4, 0.5) is 0 Å². The molecule has 2 heterocycles. The first-order valence-corrected chi connectivity index (χ1v) is 6.94. The van der Waals surface area contributed by atoms with Gasteiger partial charge in [-0.25, -0.2) is 0 Å². The van der Waals surface area contributed by atoms with Gasteiger partial charge in [0.25, 0.3) is 0 Å². The van der Waals surface area contributed by atoms with E-state index < -0.39 is 42.5 Å². The van der Waals surface area contributed by atoms with Gasteiger partial charge in [-0.15, -0.1) is 0 Å². The van der Waals surface area contributed by atoms with Crippen LogP contribution < -0.4 is 0 Å². The third-order valence-electron chi connectivity index (χ3n) is 3.95. The highest BCUT2D eigenvalue weighted by Crippen LogP contribution is 2.25. The molecule has 2 saturated heterocycles. The number of hydrogen-bond donors (Lipinski definition) is 3. The van der Waals surface area contributed by atoms with E-state index in [-0.39, 0.29) is 25.9 Å². The van der Waals surface area contributed by atoms with Crippen molar-refractivity contribution in [1.29, 1.82) is 0 Å². The SMILES string of the molecule is [B][C@@H]1O[C@H](COCOC2[C@@H](CO)O[C@@H]([B])[C@H]2O)C(O)[C@@H]1C. The van der Waals surface area contributed by atoms with Gasteiger partial charge in [0.2, 0.25) is 0 Å². The lowest BCUT2D eigenvalue weighted by atomic mass is 9.86. The normalized spacial score (nSPS) is 47.0. The van der Waals surface area contributed by atoms with E-state index in [1.54, 1.807) is 6.92 Å². The molecule has 0 spiro atoms. The Hall–Kier alpha value is -0.150. The van der Waals surface area contributed by atoms with Crippen molar-refractivity contribution < 1.29 is 34.3 Å². The Bertz CT molecular complexity index is 335. The summed E-state index contributed by atoms with van der Waals surface area (Å²) in [5, 5.41) is 28.7. The topological polar surface area (TPSA) is 97.6 Å². The molecule has 7 nitrogen and oxygen atoms in total. The summed E-state index contributed by atoms with van der Waals surface area (Å²) in [6, 6.07) is -1.41. The van der Waals surface area contributed by atoms with E-state index in [0.29, 0.717) is 0 Å². The first-order chi connectivity index (χ1) is 9.95. The maximum absolute atomic E-state index is 9.86. The van der Waals surface area contributed by atoms with Gasteiger partial charge in [-0.05, 0) is 0 Å². The number of hydrogen-bond acceptors (Lipinski definition) is 7. The van der Waals surface area contributed by atoms with Gasteiger partial charge < -0.3 is 34.3 Å². The molecule has 2 aliphatic heterocycles. The predicted octanol–water partition coefficient (Wildman–Crippen LogP) is -2.52. The zero-order valence-electron chi connectivity index (χ0n) is 11.9. The van der Waals surface area contributed by atoms with Crippen LogP contribution in [0, 0.1) is 5.92 Å². The molecule has 0 amide bonds. The molecule has 2 fully saturated rings. The van der Waals surface area contributed by atoms with Gasteiger partial charge in [-0.1, -0.05) is 6.92 Å².